The van der Waals surface area contributed by atoms with Gasteiger partial charge in [0.2, 0.25) is 0 Å². The first-order valence-electron chi connectivity index (χ1n) is 7.53. The monoisotopic (exact) mass is 349 g/mol. The van der Waals surface area contributed by atoms with Crippen molar-refractivity contribution in [2.24, 2.45) is 0 Å². The topological polar surface area (TPSA) is 72.9 Å². The zero-order valence-electron chi connectivity index (χ0n) is 13.5. The maximum atomic E-state index is 12.4. The molecule has 1 aliphatic heterocycles. The van der Waals surface area contributed by atoms with Crippen LogP contribution in [0.25, 0.3) is 0 Å². The second-order valence-corrected chi connectivity index (χ2v) is 6.16. The van der Waals surface area contributed by atoms with Crippen LogP contribution in [0.1, 0.15) is 6.42 Å². The molecule has 0 aliphatic carbocycles. The summed E-state index contributed by atoms with van der Waals surface area (Å²) in [6.45, 7) is 1.18. The van der Waals surface area contributed by atoms with Crippen LogP contribution in [-0.2, 0) is 0 Å². The fraction of sp³-hybridized carbons (Fsp3) is 0.375. The third-order valence-corrected chi connectivity index (χ3v) is 4.37. The highest BCUT2D eigenvalue weighted by Crippen LogP contribution is 2.26. The highest BCUT2D eigenvalue weighted by molar-refractivity contribution is 7.11. The molecule has 0 saturated carbocycles. The lowest BCUT2D eigenvalue weighted by atomic mass is 10.3. The number of nitrogens with one attached hydrogen (secondary N) is 1. The number of carbonyl (C=O) groups excluding carboxylic acids is 1. The van der Waals surface area contributed by atoms with Gasteiger partial charge in [-0.2, -0.15) is 0 Å². The summed E-state index contributed by atoms with van der Waals surface area (Å²) in [6, 6.07) is 5.08. The number of hydrogen-bond donors (Lipinski definition) is 1. The van der Waals surface area contributed by atoms with E-state index in [1.165, 1.54) is 11.3 Å². The molecule has 2 aromatic rings. The number of nitrogens with zero attached hydrogens (tertiary/aromatic N) is 2. The van der Waals surface area contributed by atoms with Crippen molar-refractivity contribution in [2.45, 2.75) is 12.5 Å². The Bertz CT molecular complexity index is 670. The highest BCUT2D eigenvalue weighted by Gasteiger charge is 2.28. The minimum absolute atomic E-state index is 0.0262. The number of benzene rings is 1. The largest absolute Gasteiger partial charge is 0.497 e. The predicted octanol–water partition coefficient (Wildman–Crippen LogP) is 2.85. The molecule has 7 nitrogen and oxygen atoms in total. The smallest absolute Gasteiger partial charge is 0.321 e. The molecule has 1 aromatic heterocycles. The number of likely N-dealkylation sites (tertiary alicyclic amines) is 1. The molecular formula is C16H19N3O4S. The van der Waals surface area contributed by atoms with E-state index in [1.54, 1.807) is 43.5 Å². The van der Waals surface area contributed by atoms with Crippen LogP contribution < -0.4 is 19.5 Å². The first-order chi connectivity index (χ1) is 11.7. The van der Waals surface area contributed by atoms with Crippen molar-refractivity contribution in [3.05, 3.63) is 29.8 Å². The van der Waals surface area contributed by atoms with Gasteiger partial charge in [-0.25, -0.2) is 9.78 Å². The highest BCUT2D eigenvalue weighted by atomic mass is 32.1. The second-order valence-electron chi connectivity index (χ2n) is 5.30. The van der Waals surface area contributed by atoms with Crippen LogP contribution in [0.3, 0.4) is 0 Å². The van der Waals surface area contributed by atoms with E-state index in [2.05, 4.69) is 10.3 Å². The summed E-state index contributed by atoms with van der Waals surface area (Å²) in [6.07, 6.45) is 2.46. The molecule has 0 spiro atoms. The van der Waals surface area contributed by atoms with Gasteiger partial charge in [0.25, 0.3) is 5.19 Å². The molecule has 2 heterocycles. The predicted molar refractivity (Wildman–Crippen MR) is 91.3 cm³/mol. The van der Waals surface area contributed by atoms with Gasteiger partial charge in [0, 0.05) is 48.4 Å². The van der Waals surface area contributed by atoms with Crippen LogP contribution >= 0.6 is 11.3 Å². The summed E-state index contributed by atoms with van der Waals surface area (Å²) >= 11 is 1.45. The fourth-order valence-electron chi connectivity index (χ4n) is 2.50. The molecule has 24 heavy (non-hydrogen) atoms. The Balaban J connectivity index is 1.59. The Morgan fingerprint density at radius 2 is 2.04 bits per heavy atom. The molecule has 1 atom stereocenters. The lowest BCUT2D eigenvalue weighted by Gasteiger charge is -2.18. The van der Waals surface area contributed by atoms with Crippen LogP contribution in [0.4, 0.5) is 10.5 Å². The number of rotatable bonds is 5. The Morgan fingerprint density at radius 1 is 1.29 bits per heavy atom. The minimum atomic E-state index is -0.171. The number of methoxy groups -OCH3 is 2. The Labute approximate surface area is 144 Å². The molecule has 0 radical (unpaired) electrons. The van der Waals surface area contributed by atoms with Gasteiger partial charge in [0.05, 0.1) is 20.8 Å². The van der Waals surface area contributed by atoms with Crippen molar-refractivity contribution >= 4 is 23.1 Å². The molecule has 1 saturated heterocycles. The molecule has 2 amide bonds. The van der Waals surface area contributed by atoms with E-state index in [9.17, 15) is 4.79 Å². The summed E-state index contributed by atoms with van der Waals surface area (Å²) in [7, 11) is 3.14. The third-order valence-electron chi connectivity index (χ3n) is 3.71. The molecular weight excluding hydrogens is 330 g/mol. The van der Waals surface area contributed by atoms with Crippen LogP contribution in [0, 0.1) is 0 Å². The molecule has 0 bridgehead atoms. The maximum absolute atomic E-state index is 12.4. The van der Waals surface area contributed by atoms with Crippen molar-refractivity contribution in [3.8, 4) is 16.7 Å². The van der Waals surface area contributed by atoms with E-state index in [1.807, 2.05) is 5.38 Å². The zero-order chi connectivity index (χ0) is 16.9. The maximum Gasteiger partial charge on any atom is 0.321 e. The average molecular weight is 349 g/mol. The van der Waals surface area contributed by atoms with E-state index in [-0.39, 0.29) is 12.1 Å². The SMILES string of the molecule is COc1cc(NC(=O)N2CCC(Oc3nccs3)C2)cc(OC)c1. The molecule has 128 valence electrons. The van der Waals surface area contributed by atoms with Crippen LogP contribution in [0.5, 0.6) is 16.7 Å². The molecule has 1 unspecified atom stereocenters. The summed E-state index contributed by atoms with van der Waals surface area (Å²) < 4.78 is 16.2. The molecule has 1 N–H and O–H groups in total. The standard InChI is InChI=1S/C16H19N3O4S/c1-21-13-7-11(8-14(9-13)22-2)18-15(20)19-5-3-12(10-19)23-16-17-4-6-24-16/h4,6-9,12H,3,5,10H2,1-2H3,(H,18,20). The van der Waals surface area contributed by atoms with Gasteiger partial charge < -0.3 is 24.4 Å². The summed E-state index contributed by atoms with van der Waals surface area (Å²) in [5.74, 6) is 1.24. The number of amides is 2. The molecule has 1 aliphatic rings. The lowest BCUT2D eigenvalue weighted by Crippen LogP contribution is -2.34. The number of thiazole rings is 1. The van der Waals surface area contributed by atoms with Crippen LogP contribution in [0.2, 0.25) is 0 Å². The van der Waals surface area contributed by atoms with Gasteiger partial charge in [-0.1, -0.05) is 11.3 Å². The van der Waals surface area contributed by atoms with Gasteiger partial charge in [0.1, 0.15) is 17.6 Å². The minimum Gasteiger partial charge on any atom is -0.497 e. The molecule has 8 heteroatoms. The number of hydrogen-bond acceptors (Lipinski definition) is 6. The molecule has 1 aromatic carbocycles. The Morgan fingerprint density at radius 3 is 2.67 bits per heavy atom. The number of aromatic nitrogens is 1. The summed E-state index contributed by atoms with van der Waals surface area (Å²) in [5.41, 5.74) is 0.625. The van der Waals surface area contributed by atoms with Crippen molar-refractivity contribution < 1.29 is 19.0 Å². The first kappa shape index (κ1) is 16.4. The van der Waals surface area contributed by atoms with Crippen molar-refractivity contribution in [2.75, 3.05) is 32.6 Å². The molecule has 1 fully saturated rings. The lowest BCUT2D eigenvalue weighted by molar-refractivity contribution is 0.194. The summed E-state index contributed by atoms with van der Waals surface area (Å²) in [5, 5.41) is 5.38. The van der Waals surface area contributed by atoms with Crippen molar-refractivity contribution in [1.82, 2.24) is 9.88 Å². The second kappa shape index (κ2) is 7.39. The van der Waals surface area contributed by atoms with Gasteiger partial charge >= 0.3 is 6.03 Å². The van der Waals surface area contributed by atoms with E-state index in [0.717, 1.165) is 6.42 Å². The quantitative estimate of drug-likeness (QED) is 0.898. The van der Waals surface area contributed by atoms with E-state index in [0.29, 0.717) is 35.5 Å². The summed E-state index contributed by atoms with van der Waals surface area (Å²) in [4.78, 5) is 18.3. The number of anilines is 1. The fourth-order valence-corrected chi connectivity index (χ4v) is 3.05. The van der Waals surface area contributed by atoms with Crippen LogP contribution in [-0.4, -0.2) is 49.3 Å². The first-order valence-corrected chi connectivity index (χ1v) is 8.41. The molecule has 3 rings (SSSR count). The number of ether oxygens (including phenoxy) is 3. The Hall–Kier alpha value is -2.48. The van der Waals surface area contributed by atoms with Gasteiger partial charge in [0.15, 0.2) is 0 Å². The van der Waals surface area contributed by atoms with Gasteiger partial charge in [-0.15, -0.1) is 0 Å². The number of urea groups is 1. The normalized spacial score (nSPS) is 16.8. The number of carbonyl (C=O) groups is 1. The van der Waals surface area contributed by atoms with E-state index in [4.69, 9.17) is 14.2 Å². The third kappa shape index (κ3) is 3.88. The van der Waals surface area contributed by atoms with Crippen LogP contribution in [0.15, 0.2) is 29.8 Å². The van der Waals surface area contributed by atoms with Gasteiger partial charge in [-0.05, 0) is 0 Å². The average Bonchev–Trinajstić information content (AvgIpc) is 3.26. The van der Waals surface area contributed by atoms with E-state index >= 15 is 0 Å². The zero-order valence-corrected chi connectivity index (χ0v) is 14.3. The van der Waals surface area contributed by atoms with Gasteiger partial charge in [-0.3, -0.25) is 0 Å². The van der Waals surface area contributed by atoms with Crippen molar-refractivity contribution in [3.63, 3.8) is 0 Å². The van der Waals surface area contributed by atoms with E-state index < -0.39 is 0 Å². The Kier molecular flexibility index (Phi) is 5.05. The van der Waals surface area contributed by atoms with Crippen molar-refractivity contribution in [1.29, 1.82) is 0 Å².